The van der Waals surface area contributed by atoms with Gasteiger partial charge in [-0.25, -0.2) is 14.4 Å². The van der Waals surface area contributed by atoms with E-state index in [4.69, 9.17) is 0 Å². The number of aromatic nitrogens is 6. The monoisotopic (exact) mass is 344 g/mol. The first kappa shape index (κ1) is 14.7. The van der Waals surface area contributed by atoms with E-state index in [0.29, 0.717) is 22.6 Å². The molecule has 0 unspecified atom stereocenters. The van der Waals surface area contributed by atoms with Gasteiger partial charge in [-0.15, -0.1) is 0 Å². The Bertz CT molecular complexity index is 1240. The summed E-state index contributed by atoms with van der Waals surface area (Å²) in [7, 11) is 0. The highest BCUT2D eigenvalue weighted by Crippen LogP contribution is 2.32. The molecule has 7 heteroatoms. The van der Waals surface area contributed by atoms with Crippen molar-refractivity contribution in [1.82, 2.24) is 30.1 Å². The van der Waals surface area contributed by atoms with Gasteiger partial charge in [0.2, 0.25) is 0 Å². The molecule has 0 aliphatic rings. The summed E-state index contributed by atoms with van der Waals surface area (Å²) in [6.07, 6.45) is 5.14. The third-order valence-corrected chi connectivity index (χ3v) is 4.46. The molecule has 126 valence electrons. The number of nitrogens with zero attached hydrogens (tertiary/aromatic N) is 4. The molecule has 5 aromatic rings. The number of fused-ring (bicyclic) bond motifs is 2. The van der Waals surface area contributed by atoms with Gasteiger partial charge in [-0.3, -0.25) is 10.1 Å². The number of halogens is 1. The van der Waals surface area contributed by atoms with Crippen LogP contribution in [0.5, 0.6) is 0 Å². The first-order valence-electron chi connectivity index (χ1n) is 8.10. The lowest BCUT2D eigenvalue weighted by molar-refractivity contribution is 0.636. The van der Waals surface area contributed by atoms with Crippen molar-refractivity contribution in [2.45, 2.75) is 6.92 Å². The average molecular weight is 344 g/mol. The van der Waals surface area contributed by atoms with Gasteiger partial charge in [-0.05, 0) is 48.4 Å². The lowest BCUT2D eigenvalue weighted by Gasteiger charge is -2.06. The van der Waals surface area contributed by atoms with Gasteiger partial charge in [0.15, 0.2) is 17.3 Å². The molecule has 26 heavy (non-hydrogen) atoms. The number of H-pyrrole nitrogens is 2. The predicted octanol–water partition coefficient (Wildman–Crippen LogP) is 4.01. The molecule has 0 aliphatic carbocycles. The molecule has 4 heterocycles. The lowest BCUT2D eigenvalue weighted by Crippen LogP contribution is -1.88. The number of benzene rings is 1. The molecule has 0 aliphatic heterocycles. The molecule has 6 nitrogen and oxygen atoms in total. The summed E-state index contributed by atoms with van der Waals surface area (Å²) in [4.78, 5) is 16.1. The molecule has 2 N–H and O–H groups in total. The van der Waals surface area contributed by atoms with Gasteiger partial charge in [0.1, 0.15) is 11.2 Å². The zero-order valence-electron chi connectivity index (χ0n) is 13.8. The number of aromatic amines is 2. The van der Waals surface area contributed by atoms with Crippen molar-refractivity contribution in [2.24, 2.45) is 0 Å². The molecule has 1 aromatic carbocycles. The summed E-state index contributed by atoms with van der Waals surface area (Å²) in [5, 5.41) is 7.68. The zero-order valence-corrected chi connectivity index (χ0v) is 13.8. The summed E-state index contributed by atoms with van der Waals surface area (Å²) in [6.45, 7) is 1.97. The van der Waals surface area contributed by atoms with Crippen LogP contribution < -0.4 is 0 Å². The molecular formula is C19H13FN6. The largest absolute Gasteiger partial charge is 0.335 e. The van der Waals surface area contributed by atoms with E-state index in [-0.39, 0.29) is 5.52 Å². The highest BCUT2D eigenvalue weighted by molar-refractivity contribution is 5.95. The molecule has 0 radical (unpaired) electrons. The Morgan fingerprint density at radius 2 is 2.04 bits per heavy atom. The van der Waals surface area contributed by atoms with Crippen molar-refractivity contribution in [2.75, 3.05) is 0 Å². The fourth-order valence-electron chi connectivity index (χ4n) is 3.14. The van der Waals surface area contributed by atoms with Crippen LogP contribution >= 0.6 is 0 Å². The van der Waals surface area contributed by atoms with E-state index in [9.17, 15) is 4.39 Å². The third-order valence-electron chi connectivity index (χ3n) is 4.46. The van der Waals surface area contributed by atoms with Crippen LogP contribution in [0.25, 0.3) is 44.7 Å². The number of nitrogens with one attached hydrogen (secondary N) is 2. The minimum Gasteiger partial charge on any atom is -0.335 e. The SMILES string of the molecule is Cc1ccncc1-c1cc(F)c2n[nH]c(-c3nc4ncccc4[nH]3)c2c1. The van der Waals surface area contributed by atoms with Gasteiger partial charge in [0, 0.05) is 29.5 Å². The number of aryl methyl sites for hydroxylation is 1. The summed E-state index contributed by atoms with van der Waals surface area (Å²) in [5.74, 6) is 0.179. The van der Waals surface area contributed by atoms with Crippen LogP contribution in [0.2, 0.25) is 0 Å². The lowest BCUT2D eigenvalue weighted by atomic mass is 10.0. The summed E-state index contributed by atoms with van der Waals surface area (Å²) < 4.78 is 14.7. The van der Waals surface area contributed by atoms with Crippen molar-refractivity contribution in [1.29, 1.82) is 0 Å². The second kappa shape index (κ2) is 5.45. The summed E-state index contributed by atoms with van der Waals surface area (Å²) in [6, 6.07) is 9.01. The molecule has 0 amide bonds. The number of imidazole rings is 1. The van der Waals surface area contributed by atoms with Gasteiger partial charge in [-0.2, -0.15) is 5.10 Å². The van der Waals surface area contributed by atoms with Crippen molar-refractivity contribution < 1.29 is 4.39 Å². The van der Waals surface area contributed by atoms with Gasteiger partial charge < -0.3 is 4.98 Å². The van der Waals surface area contributed by atoms with E-state index in [1.807, 2.05) is 31.2 Å². The Balaban J connectivity index is 1.75. The van der Waals surface area contributed by atoms with Crippen LogP contribution in [0.15, 0.2) is 48.9 Å². The summed E-state index contributed by atoms with van der Waals surface area (Å²) in [5.41, 5.74) is 4.97. The second-order valence-corrected chi connectivity index (χ2v) is 6.10. The number of pyridine rings is 2. The maximum absolute atomic E-state index is 14.7. The Morgan fingerprint density at radius 3 is 2.88 bits per heavy atom. The molecule has 0 bridgehead atoms. The van der Waals surface area contributed by atoms with E-state index in [2.05, 4.69) is 30.1 Å². The topological polar surface area (TPSA) is 83.1 Å². The zero-order chi connectivity index (χ0) is 17.7. The van der Waals surface area contributed by atoms with Gasteiger partial charge in [0.05, 0.1) is 5.52 Å². The Hall–Kier alpha value is -3.61. The molecular weight excluding hydrogens is 331 g/mol. The van der Waals surface area contributed by atoms with Crippen molar-refractivity contribution in [3.8, 4) is 22.6 Å². The molecule has 0 saturated heterocycles. The van der Waals surface area contributed by atoms with E-state index < -0.39 is 5.82 Å². The van der Waals surface area contributed by atoms with Gasteiger partial charge >= 0.3 is 0 Å². The van der Waals surface area contributed by atoms with Crippen LogP contribution in [-0.4, -0.2) is 30.1 Å². The van der Waals surface area contributed by atoms with Crippen LogP contribution in [-0.2, 0) is 0 Å². The number of rotatable bonds is 2. The first-order chi connectivity index (χ1) is 12.7. The van der Waals surface area contributed by atoms with E-state index >= 15 is 0 Å². The van der Waals surface area contributed by atoms with E-state index in [0.717, 1.165) is 22.2 Å². The second-order valence-electron chi connectivity index (χ2n) is 6.10. The maximum Gasteiger partial charge on any atom is 0.178 e. The fraction of sp³-hybridized carbons (Fsp3) is 0.0526. The third kappa shape index (κ3) is 2.17. The predicted molar refractivity (Wildman–Crippen MR) is 96.9 cm³/mol. The molecule has 0 spiro atoms. The Morgan fingerprint density at radius 1 is 1.12 bits per heavy atom. The number of hydrogen-bond acceptors (Lipinski definition) is 4. The fourth-order valence-corrected chi connectivity index (χ4v) is 3.14. The minimum atomic E-state index is -0.391. The number of hydrogen-bond donors (Lipinski definition) is 2. The summed E-state index contributed by atoms with van der Waals surface area (Å²) >= 11 is 0. The standard InChI is InChI=1S/C19H13FN6/c1-10-4-6-21-9-13(10)11-7-12-16(14(20)8-11)25-26-17(12)19-23-15-3-2-5-22-18(15)24-19/h2-9H,1H3,(H,25,26)(H,22,23,24). The van der Waals surface area contributed by atoms with E-state index in [1.54, 1.807) is 18.6 Å². The van der Waals surface area contributed by atoms with Gasteiger partial charge in [0.25, 0.3) is 0 Å². The normalized spacial score (nSPS) is 11.5. The molecule has 4 aromatic heterocycles. The van der Waals surface area contributed by atoms with Crippen molar-refractivity contribution >= 4 is 22.1 Å². The molecule has 0 atom stereocenters. The van der Waals surface area contributed by atoms with Gasteiger partial charge in [-0.1, -0.05) is 0 Å². The Kier molecular flexibility index (Phi) is 3.08. The van der Waals surface area contributed by atoms with Crippen LogP contribution in [0.3, 0.4) is 0 Å². The molecule has 5 rings (SSSR count). The Labute approximate surface area is 147 Å². The van der Waals surface area contributed by atoms with E-state index in [1.165, 1.54) is 6.07 Å². The average Bonchev–Trinajstić information content (AvgIpc) is 3.25. The highest BCUT2D eigenvalue weighted by atomic mass is 19.1. The van der Waals surface area contributed by atoms with Crippen molar-refractivity contribution in [3.05, 3.63) is 60.3 Å². The minimum absolute atomic E-state index is 0.277. The van der Waals surface area contributed by atoms with Crippen LogP contribution in [0.4, 0.5) is 4.39 Å². The molecule has 0 saturated carbocycles. The van der Waals surface area contributed by atoms with Crippen LogP contribution in [0, 0.1) is 12.7 Å². The van der Waals surface area contributed by atoms with Crippen molar-refractivity contribution in [3.63, 3.8) is 0 Å². The highest BCUT2D eigenvalue weighted by Gasteiger charge is 2.17. The first-order valence-corrected chi connectivity index (χ1v) is 8.10. The van der Waals surface area contributed by atoms with Crippen LogP contribution in [0.1, 0.15) is 5.56 Å². The molecule has 0 fully saturated rings. The maximum atomic E-state index is 14.7. The quantitative estimate of drug-likeness (QED) is 0.507. The smallest absolute Gasteiger partial charge is 0.178 e.